The summed E-state index contributed by atoms with van der Waals surface area (Å²) in [6.07, 6.45) is -31.8. The van der Waals surface area contributed by atoms with E-state index in [0.717, 1.165) is 13.0 Å². The van der Waals surface area contributed by atoms with Crippen LogP contribution in [0.3, 0.4) is 0 Å². The molecule has 6 heterocycles. The van der Waals surface area contributed by atoms with Crippen molar-refractivity contribution in [2.75, 3.05) is 101 Å². The molecule has 0 spiro atoms. The van der Waals surface area contributed by atoms with Crippen LogP contribution in [0.4, 0.5) is 0 Å². The molecule has 0 radical (unpaired) electrons. The molecule has 0 aromatic heterocycles. The fourth-order valence-electron chi connectivity index (χ4n) is 10.4. The highest BCUT2D eigenvalue weighted by molar-refractivity contribution is 4.99. The lowest BCUT2D eigenvalue weighted by Gasteiger charge is -2.46. The first-order chi connectivity index (χ1) is 39.0. The standard InChI is InChI=1S/C17H33NO10.C17H33NO9.C16H32N2O9/c1-8-11(20)12(21)16(10(7-19)26-8)28-17-14(23)13(22)15(25-3)9(27-17)6-18-4-5-24-2;1-4-5-18-6-9-15(24-3)13(22)14(23)17(26-9)27-16-10(7-19)25-8(2)11(20)12(16)21;1-7-10(20)11(21)15(9(6-19)25-7)27-16-13(23)12(22)14(24-2)8(26-16)5-18-4-3-17/h8-23H,4-7H2,1-3H3;8-23H,4-7H2,1-3H3;7-16,18-23H,3-6,17H2,1-2H3/t2*8-,9-,10-,11+,12-,13-,14-,15-,16?,17-;7-,8-,9-,10+,11-,12-,13-,14-,15?,16-/m111/s1. The first-order valence-corrected chi connectivity index (χ1v) is 27.8. The van der Waals surface area contributed by atoms with Gasteiger partial charge in [-0.2, -0.15) is 0 Å². The average Bonchev–Trinajstić information content (AvgIpc) is 2.95. The van der Waals surface area contributed by atoms with Gasteiger partial charge in [0.15, 0.2) is 18.9 Å². The zero-order chi connectivity index (χ0) is 61.1. The van der Waals surface area contributed by atoms with Crippen molar-refractivity contribution in [3.05, 3.63) is 0 Å². The van der Waals surface area contributed by atoms with Gasteiger partial charge in [0.2, 0.25) is 0 Å². The highest BCUT2D eigenvalue weighted by atomic mass is 16.7. The van der Waals surface area contributed by atoms with Crippen molar-refractivity contribution < 1.29 is 138 Å². The SMILES string of the molecule is CCCNC[C@H]1O[C@H](OC2[C@@H](CO)O[C@H](C)[C@H](O)[C@H]2O)[C@H](O)[C@@H](O)[C@@H]1OC.COCCNC[C@H]1O[C@H](OC2[C@@H](CO)O[C@H](C)[C@H](O)[C@H]2O)[C@H](O)[C@@H](O)[C@@H]1OC.CO[C@H]1[C@H](O)[C@@H](O)[C@@H](OC2[C@@H](CO)O[C@H](C)[C@H](O)[C@H]2O)O[C@@H]1CNCCN. The second kappa shape index (κ2) is 36.3. The molecule has 32 nitrogen and oxygen atoms in total. The molecular formula is C50H98N4O28. The largest absolute Gasteiger partial charge is 0.394 e. The molecule has 82 heavy (non-hydrogen) atoms. The Morgan fingerprint density at radius 2 is 0.646 bits per heavy atom. The number of aliphatic hydroxyl groups is 15. The molecule has 6 rings (SSSR count). The van der Waals surface area contributed by atoms with Crippen LogP contribution in [-0.4, -0.2) is 361 Å². The van der Waals surface area contributed by atoms with Gasteiger partial charge in [0.05, 0.1) is 44.7 Å². The number of nitrogens with one attached hydrogen (secondary N) is 3. The van der Waals surface area contributed by atoms with Crippen LogP contribution in [0.15, 0.2) is 0 Å². The number of nitrogens with two attached hydrogens (primary N) is 1. The monoisotopic (exact) mass is 1200 g/mol. The Kier molecular flexibility index (Phi) is 32.4. The topological polar surface area (TPSA) is 486 Å². The third kappa shape index (κ3) is 18.9. The lowest BCUT2D eigenvalue weighted by Crippen LogP contribution is -2.65. The van der Waals surface area contributed by atoms with Gasteiger partial charge in [-0.25, -0.2) is 0 Å². The molecule has 0 amide bonds. The molecule has 0 aromatic rings. The zero-order valence-corrected chi connectivity index (χ0v) is 47.9. The second-order valence-electron chi connectivity index (χ2n) is 21.0. The van der Waals surface area contributed by atoms with Crippen LogP contribution in [0.1, 0.15) is 34.1 Å². The Hall–Kier alpha value is -1.28. The first kappa shape index (κ1) is 73.2. The Labute approximate surface area is 477 Å². The number of methoxy groups -OCH3 is 4. The van der Waals surface area contributed by atoms with Crippen LogP contribution in [0.25, 0.3) is 0 Å². The summed E-state index contributed by atoms with van der Waals surface area (Å²) >= 11 is 0. The van der Waals surface area contributed by atoms with Gasteiger partial charge in [0, 0.05) is 67.7 Å². The maximum absolute atomic E-state index is 10.4. The summed E-state index contributed by atoms with van der Waals surface area (Å²) in [6.45, 7) is 8.96. The molecule has 0 bridgehead atoms. The molecule has 3 unspecified atom stereocenters. The van der Waals surface area contributed by atoms with Gasteiger partial charge in [-0.15, -0.1) is 0 Å². The molecule has 6 aliphatic heterocycles. The maximum atomic E-state index is 10.4. The van der Waals surface area contributed by atoms with Gasteiger partial charge in [0.1, 0.15) is 146 Å². The van der Waals surface area contributed by atoms with Gasteiger partial charge in [0.25, 0.3) is 0 Å². The zero-order valence-electron chi connectivity index (χ0n) is 47.9. The first-order valence-electron chi connectivity index (χ1n) is 27.8. The van der Waals surface area contributed by atoms with Gasteiger partial charge >= 0.3 is 0 Å². The van der Waals surface area contributed by atoms with Crippen LogP contribution >= 0.6 is 0 Å². The molecular weight excluding hydrogens is 1100 g/mol. The Bertz CT molecular complexity index is 1640. The van der Waals surface area contributed by atoms with Gasteiger partial charge in [-0.05, 0) is 33.7 Å². The van der Waals surface area contributed by atoms with E-state index in [2.05, 4.69) is 16.0 Å². The predicted octanol–water partition coefficient (Wildman–Crippen LogP) is -10.2. The third-order valence-corrected chi connectivity index (χ3v) is 15.2. The molecule has 30 atom stereocenters. The summed E-state index contributed by atoms with van der Waals surface area (Å²) in [4.78, 5) is 0. The molecule has 486 valence electrons. The van der Waals surface area contributed by atoms with E-state index in [1.165, 1.54) is 21.3 Å². The van der Waals surface area contributed by atoms with E-state index >= 15 is 0 Å². The normalized spacial score (nSPS) is 45.4. The van der Waals surface area contributed by atoms with Crippen molar-refractivity contribution >= 4 is 0 Å². The van der Waals surface area contributed by atoms with E-state index < -0.39 is 203 Å². The highest BCUT2D eigenvalue weighted by Gasteiger charge is 2.54. The van der Waals surface area contributed by atoms with Crippen LogP contribution in [0.2, 0.25) is 0 Å². The Balaban J connectivity index is 0.000000264. The number of ether oxygens (including phenoxy) is 13. The second-order valence-corrected chi connectivity index (χ2v) is 21.0. The van der Waals surface area contributed by atoms with Crippen LogP contribution in [-0.2, 0) is 61.6 Å². The van der Waals surface area contributed by atoms with E-state index in [4.69, 9.17) is 67.3 Å². The summed E-state index contributed by atoms with van der Waals surface area (Å²) in [5, 5.41) is 161. The minimum absolute atomic E-state index is 0.284. The predicted molar refractivity (Wildman–Crippen MR) is 279 cm³/mol. The number of aliphatic hydroxyl groups excluding tert-OH is 15. The fraction of sp³-hybridized carbons (Fsp3) is 1.00. The van der Waals surface area contributed by atoms with Crippen molar-refractivity contribution in [3.8, 4) is 0 Å². The average molecular weight is 1200 g/mol. The van der Waals surface area contributed by atoms with E-state index in [-0.39, 0.29) is 13.1 Å². The van der Waals surface area contributed by atoms with E-state index in [9.17, 15) is 76.6 Å². The number of hydrogen-bond donors (Lipinski definition) is 19. The Morgan fingerprint density at radius 3 is 0.902 bits per heavy atom. The summed E-state index contributed by atoms with van der Waals surface area (Å²) in [7, 11) is 5.77. The minimum atomic E-state index is -1.47. The van der Waals surface area contributed by atoms with Crippen LogP contribution in [0.5, 0.6) is 0 Å². The smallest absolute Gasteiger partial charge is 0.187 e. The van der Waals surface area contributed by atoms with E-state index in [1.807, 2.05) is 6.92 Å². The van der Waals surface area contributed by atoms with E-state index in [0.29, 0.717) is 32.8 Å². The fourth-order valence-corrected chi connectivity index (χ4v) is 10.4. The summed E-state index contributed by atoms with van der Waals surface area (Å²) in [6, 6.07) is 0. The van der Waals surface area contributed by atoms with Crippen molar-refractivity contribution in [3.63, 3.8) is 0 Å². The van der Waals surface area contributed by atoms with Crippen LogP contribution < -0.4 is 21.7 Å². The van der Waals surface area contributed by atoms with Gasteiger partial charge in [-0.3, -0.25) is 0 Å². The molecule has 20 N–H and O–H groups in total. The Morgan fingerprint density at radius 1 is 0.366 bits per heavy atom. The van der Waals surface area contributed by atoms with Crippen LogP contribution in [0, 0.1) is 0 Å². The molecule has 0 saturated carbocycles. The number of hydrogen-bond acceptors (Lipinski definition) is 32. The summed E-state index contributed by atoms with van der Waals surface area (Å²) in [5.74, 6) is 0. The highest BCUT2D eigenvalue weighted by Crippen LogP contribution is 2.33. The lowest BCUT2D eigenvalue weighted by molar-refractivity contribution is -0.339. The summed E-state index contributed by atoms with van der Waals surface area (Å²) in [5.41, 5.74) is 5.44. The number of rotatable bonds is 25. The van der Waals surface area contributed by atoms with Crippen molar-refractivity contribution in [2.45, 2.75) is 218 Å². The molecule has 6 aliphatic rings. The molecule has 0 aromatic carbocycles. The third-order valence-electron chi connectivity index (χ3n) is 15.2. The lowest BCUT2D eigenvalue weighted by atomic mass is 9.95. The van der Waals surface area contributed by atoms with Gasteiger partial charge in [-0.1, -0.05) is 6.92 Å². The molecule has 0 aliphatic carbocycles. The van der Waals surface area contributed by atoms with E-state index in [1.54, 1.807) is 27.9 Å². The molecule has 32 heteroatoms. The quantitative estimate of drug-likeness (QED) is 0.0378. The van der Waals surface area contributed by atoms with Crippen molar-refractivity contribution in [1.82, 2.24) is 16.0 Å². The summed E-state index contributed by atoms with van der Waals surface area (Å²) < 4.78 is 71.3. The minimum Gasteiger partial charge on any atom is -0.394 e. The molecule has 6 saturated heterocycles. The van der Waals surface area contributed by atoms with Crippen molar-refractivity contribution in [2.24, 2.45) is 5.73 Å². The maximum Gasteiger partial charge on any atom is 0.187 e. The van der Waals surface area contributed by atoms with Crippen molar-refractivity contribution in [1.29, 1.82) is 0 Å². The molecule has 6 fully saturated rings. The van der Waals surface area contributed by atoms with Gasteiger partial charge < -0.3 is 160 Å².